The smallest absolute Gasteiger partial charge is 0.132 e. The van der Waals surface area contributed by atoms with Crippen LogP contribution in [0.5, 0.6) is 0 Å². The Morgan fingerprint density at radius 3 is 2.39 bits per heavy atom. The number of aromatic nitrogens is 2. The van der Waals surface area contributed by atoms with Crippen molar-refractivity contribution >= 4 is 11.6 Å². The Morgan fingerprint density at radius 1 is 1.17 bits per heavy atom. The summed E-state index contributed by atoms with van der Waals surface area (Å²) in [5, 5.41) is 6.78. The highest BCUT2D eigenvalue weighted by Crippen LogP contribution is 2.44. The molecule has 1 aliphatic carbocycles. The number of nitrogens with zero attached hydrogens (tertiary/aromatic N) is 2. The molecule has 0 amide bonds. The van der Waals surface area contributed by atoms with Gasteiger partial charge >= 0.3 is 0 Å². The molecule has 1 aromatic rings. The molecule has 4 heteroatoms. The topological polar surface area (TPSA) is 49.8 Å². The number of hydrogen-bond acceptors (Lipinski definition) is 4. The van der Waals surface area contributed by atoms with Crippen LogP contribution in [0.4, 0.5) is 11.6 Å². The van der Waals surface area contributed by atoms with Gasteiger partial charge in [0.2, 0.25) is 0 Å². The molecule has 2 N–H and O–H groups in total. The first-order valence-electron chi connectivity index (χ1n) is 7.01. The normalized spacial score (nSPS) is 16.4. The van der Waals surface area contributed by atoms with Crippen molar-refractivity contribution in [1.82, 2.24) is 9.97 Å². The summed E-state index contributed by atoms with van der Waals surface area (Å²) >= 11 is 0. The van der Waals surface area contributed by atoms with Gasteiger partial charge in [-0.25, -0.2) is 9.97 Å². The van der Waals surface area contributed by atoms with Crippen LogP contribution in [0.1, 0.15) is 45.9 Å². The summed E-state index contributed by atoms with van der Waals surface area (Å²) in [6.45, 7) is 8.53. The van der Waals surface area contributed by atoms with Crippen molar-refractivity contribution in [2.45, 2.75) is 46.5 Å². The molecular weight excluding hydrogens is 224 g/mol. The minimum absolute atomic E-state index is 0.494. The zero-order valence-corrected chi connectivity index (χ0v) is 11.7. The molecule has 1 aliphatic rings. The third-order valence-corrected chi connectivity index (χ3v) is 3.44. The van der Waals surface area contributed by atoms with Gasteiger partial charge in [0.15, 0.2) is 0 Å². The van der Waals surface area contributed by atoms with Gasteiger partial charge < -0.3 is 10.6 Å². The molecular formula is C14H24N4. The fourth-order valence-corrected chi connectivity index (χ4v) is 1.78. The van der Waals surface area contributed by atoms with Gasteiger partial charge in [0.25, 0.3) is 0 Å². The summed E-state index contributed by atoms with van der Waals surface area (Å²) in [7, 11) is 0. The second-order valence-corrected chi connectivity index (χ2v) is 5.50. The van der Waals surface area contributed by atoms with Crippen LogP contribution in [0.25, 0.3) is 0 Å². The average Bonchev–Trinajstić information content (AvgIpc) is 3.12. The van der Waals surface area contributed by atoms with Crippen molar-refractivity contribution in [2.75, 3.05) is 23.7 Å². The van der Waals surface area contributed by atoms with E-state index in [0.717, 1.165) is 43.4 Å². The largest absolute Gasteiger partial charge is 0.370 e. The van der Waals surface area contributed by atoms with Crippen LogP contribution < -0.4 is 10.6 Å². The summed E-state index contributed by atoms with van der Waals surface area (Å²) in [5.74, 6) is 2.79. The first-order valence-corrected chi connectivity index (χ1v) is 7.01. The zero-order valence-electron chi connectivity index (χ0n) is 11.7. The maximum atomic E-state index is 4.53. The molecule has 0 bridgehead atoms. The van der Waals surface area contributed by atoms with Gasteiger partial charge in [0.05, 0.1) is 0 Å². The zero-order chi connectivity index (χ0) is 13.0. The fraction of sp³-hybridized carbons (Fsp3) is 0.714. The third kappa shape index (κ3) is 3.59. The van der Waals surface area contributed by atoms with Crippen LogP contribution >= 0.6 is 0 Å². The molecule has 100 valence electrons. The summed E-state index contributed by atoms with van der Waals surface area (Å²) in [5.41, 5.74) is 0.494. The van der Waals surface area contributed by atoms with Crippen molar-refractivity contribution in [2.24, 2.45) is 5.41 Å². The first-order chi connectivity index (χ1) is 8.65. The summed E-state index contributed by atoms with van der Waals surface area (Å²) < 4.78 is 0. The molecule has 1 fully saturated rings. The highest BCUT2D eigenvalue weighted by atomic mass is 15.1. The van der Waals surface area contributed by atoms with Crippen molar-refractivity contribution in [3.63, 3.8) is 0 Å². The van der Waals surface area contributed by atoms with Crippen molar-refractivity contribution < 1.29 is 0 Å². The second kappa shape index (κ2) is 5.55. The van der Waals surface area contributed by atoms with Crippen LogP contribution in [-0.4, -0.2) is 23.1 Å². The maximum Gasteiger partial charge on any atom is 0.132 e. The Balaban J connectivity index is 2.02. The average molecular weight is 248 g/mol. The Hall–Kier alpha value is -1.32. The molecule has 0 unspecified atom stereocenters. The quantitative estimate of drug-likeness (QED) is 0.778. The van der Waals surface area contributed by atoms with Crippen LogP contribution in [0, 0.1) is 5.41 Å². The Bertz CT molecular complexity index is 399. The lowest BCUT2D eigenvalue weighted by Gasteiger charge is -2.13. The summed E-state index contributed by atoms with van der Waals surface area (Å²) in [6, 6.07) is 2.01. The Labute approximate surface area is 110 Å². The molecule has 4 nitrogen and oxygen atoms in total. The number of nitrogens with one attached hydrogen (secondary N) is 2. The monoisotopic (exact) mass is 248 g/mol. The summed E-state index contributed by atoms with van der Waals surface area (Å²) in [4.78, 5) is 9.02. The molecule has 0 aromatic carbocycles. The van der Waals surface area contributed by atoms with E-state index in [0.29, 0.717) is 5.41 Å². The molecule has 2 rings (SSSR count). The Morgan fingerprint density at radius 2 is 1.83 bits per heavy atom. The van der Waals surface area contributed by atoms with Gasteiger partial charge in [0, 0.05) is 25.6 Å². The van der Waals surface area contributed by atoms with Gasteiger partial charge in [-0.1, -0.05) is 20.8 Å². The van der Waals surface area contributed by atoms with E-state index in [9.17, 15) is 0 Å². The Kier molecular flexibility index (Phi) is 4.04. The second-order valence-electron chi connectivity index (χ2n) is 5.50. The highest BCUT2D eigenvalue weighted by molar-refractivity contribution is 5.47. The highest BCUT2D eigenvalue weighted by Gasteiger charge is 2.36. The minimum atomic E-state index is 0.494. The van der Waals surface area contributed by atoms with Crippen LogP contribution in [0.3, 0.4) is 0 Å². The van der Waals surface area contributed by atoms with Crippen molar-refractivity contribution in [3.05, 3.63) is 11.9 Å². The standard InChI is InChI=1S/C14H24N4/c1-4-8-15-12-9-13(18-11(5-2)17-12)16-10-14(3)6-7-14/h9H,4-8,10H2,1-3H3,(H2,15,16,17,18). The van der Waals surface area contributed by atoms with Gasteiger partial charge in [-0.3, -0.25) is 0 Å². The molecule has 18 heavy (non-hydrogen) atoms. The van der Waals surface area contributed by atoms with Crippen molar-refractivity contribution in [3.8, 4) is 0 Å². The van der Waals surface area contributed by atoms with Gasteiger partial charge in [-0.05, 0) is 24.7 Å². The number of hydrogen-bond donors (Lipinski definition) is 2. The van der Waals surface area contributed by atoms with E-state index in [4.69, 9.17) is 0 Å². The van der Waals surface area contributed by atoms with Crippen LogP contribution in [-0.2, 0) is 6.42 Å². The molecule has 1 aromatic heterocycles. The van der Waals surface area contributed by atoms with Crippen LogP contribution in [0.15, 0.2) is 6.07 Å². The number of aryl methyl sites for hydroxylation is 1. The lowest BCUT2D eigenvalue weighted by atomic mass is 10.1. The lowest BCUT2D eigenvalue weighted by molar-refractivity contribution is 0.609. The molecule has 0 radical (unpaired) electrons. The van der Waals surface area contributed by atoms with Gasteiger partial charge in [-0.2, -0.15) is 0 Å². The molecule has 0 spiro atoms. The molecule has 0 atom stereocenters. The van der Waals surface area contributed by atoms with Gasteiger partial charge in [0.1, 0.15) is 17.5 Å². The SMILES string of the molecule is CCCNc1cc(NCC2(C)CC2)nc(CC)n1. The molecule has 1 saturated carbocycles. The van der Waals surface area contributed by atoms with E-state index in [1.54, 1.807) is 0 Å². The summed E-state index contributed by atoms with van der Waals surface area (Å²) in [6.07, 6.45) is 4.62. The van der Waals surface area contributed by atoms with E-state index in [2.05, 4.69) is 41.4 Å². The first kappa shape index (κ1) is 13.1. The van der Waals surface area contributed by atoms with E-state index >= 15 is 0 Å². The van der Waals surface area contributed by atoms with E-state index < -0.39 is 0 Å². The fourth-order valence-electron chi connectivity index (χ4n) is 1.78. The van der Waals surface area contributed by atoms with E-state index in [1.165, 1.54) is 12.8 Å². The minimum Gasteiger partial charge on any atom is -0.370 e. The van der Waals surface area contributed by atoms with E-state index in [-0.39, 0.29) is 0 Å². The predicted molar refractivity (Wildman–Crippen MR) is 76.0 cm³/mol. The maximum absolute atomic E-state index is 4.53. The third-order valence-electron chi connectivity index (χ3n) is 3.44. The molecule has 0 saturated heterocycles. The number of rotatable bonds is 7. The molecule has 1 heterocycles. The molecule has 0 aliphatic heterocycles. The predicted octanol–water partition coefficient (Wildman–Crippen LogP) is 3.07. The van der Waals surface area contributed by atoms with Crippen LogP contribution in [0.2, 0.25) is 0 Å². The number of anilines is 2. The van der Waals surface area contributed by atoms with E-state index in [1.807, 2.05) is 6.07 Å². The van der Waals surface area contributed by atoms with Crippen molar-refractivity contribution in [1.29, 1.82) is 0 Å². The lowest BCUT2D eigenvalue weighted by Crippen LogP contribution is -2.14. The van der Waals surface area contributed by atoms with Gasteiger partial charge in [-0.15, -0.1) is 0 Å².